The number of nitrogen functional groups attached to an aromatic ring is 1. The number of sulfonamides is 1. The maximum Gasteiger partial charge on any atom is 0.246 e. The van der Waals surface area contributed by atoms with E-state index in [1.54, 1.807) is 11.8 Å². The second-order valence-corrected chi connectivity index (χ2v) is 7.82. The van der Waals surface area contributed by atoms with Crippen molar-refractivity contribution >= 4 is 50.7 Å². The minimum absolute atomic E-state index is 0.0354. The molecule has 1 atom stereocenters. The van der Waals surface area contributed by atoms with E-state index in [1.807, 2.05) is 13.2 Å². The molecule has 0 aliphatic carbocycles. The summed E-state index contributed by atoms with van der Waals surface area (Å²) < 4.78 is 26.3. The molecule has 108 valence electrons. The summed E-state index contributed by atoms with van der Waals surface area (Å²) in [6.45, 7) is 1.83. The SMILES string of the molecule is CSCC(C)N(C)S(=O)(=O)c1c(N)cc(Cl)cc1Cl. The molecule has 1 rings (SSSR count). The van der Waals surface area contributed by atoms with Gasteiger partial charge in [-0.1, -0.05) is 23.2 Å². The van der Waals surface area contributed by atoms with Crippen molar-refractivity contribution in [1.82, 2.24) is 4.31 Å². The molecule has 0 saturated heterocycles. The number of benzene rings is 1. The average Bonchev–Trinajstić information content (AvgIpc) is 2.26. The van der Waals surface area contributed by atoms with Crippen molar-refractivity contribution in [1.29, 1.82) is 0 Å². The van der Waals surface area contributed by atoms with Gasteiger partial charge in [-0.15, -0.1) is 0 Å². The number of rotatable bonds is 5. The quantitative estimate of drug-likeness (QED) is 0.835. The molecule has 0 aliphatic rings. The fourth-order valence-electron chi connectivity index (χ4n) is 1.58. The van der Waals surface area contributed by atoms with Crippen LogP contribution in [0.25, 0.3) is 0 Å². The van der Waals surface area contributed by atoms with Crippen LogP contribution < -0.4 is 5.73 Å². The summed E-state index contributed by atoms with van der Waals surface area (Å²) in [5.41, 5.74) is 5.80. The fourth-order valence-corrected chi connectivity index (χ4v) is 4.68. The normalized spacial score (nSPS) is 13.8. The van der Waals surface area contributed by atoms with E-state index >= 15 is 0 Å². The van der Waals surface area contributed by atoms with E-state index in [0.29, 0.717) is 10.8 Å². The zero-order valence-electron chi connectivity index (χ0n) is 10.9. The molecule has 0 spiro atoms. The highest BCUT2D eigenvalue weighted by atomic mass is 35.5. The van der Waals surface area contributed by atoms with Crippen LogP contribution in [0.15, 0.2) is 17.0 Å². The van der Waals surface area contributed by atoms with Gasteiger partial charge in [-0.3, -0.25) is 0 Å². The molecule has 1 unspecified atom stereocenters. The van der Waals surface area contributed by atoms with Gasteiger partial charge in [-0.05, 0) is 25.3 Å². The maximum absolute atomic E-state index is 12.5. The second kappa shape index (κ2) is 6.54. The molecule has 0 amide bonds. The Morgan fingerprint density at radius 2 is 2.00 bits per heavy atom. The van der Waals surface area contributed by atoms with Crippen molar-refractivity contribution in [3.05, 3.63) is 22.2 Å². The number of anilines is 1. The van der Waals surface area contributed by atoms with Crippen LogP contribution >= 0.6 is 35.0 Å². The van der Waals surface area contributed by atoms with Crippen LogP contribution in [-0.2, 0) is 10.0 Å². The lowest BCUT2D eigenvalue weighted by Gasteiger charge is -2.24. The molecule has 2 N–H and O–H groups in total. The molecule has 0 fully saturated rings. The zero-order valence-corrected chi connectivity index (χ0v) is 14.0. The monoisotopic (exact) mass is 342 g/mol. The summed E-state index contributed by atoms with van der Waals surface area (Å²) in [6, 6.07) is 2.60. The Morgan fingerprint density at radius 3 is 2.47 bits per heavy atom. The molecule has 1 aromatic rings. The first-order valence-electron chi connectivity index (χ1n) is 5.43. The Balaban J connectivity index is 3.28. The first-order valence-corrected chi connectivity index (χ1v) is 9.02. The highest BCUT2D eigenvalue weighted by Gasteiger charge is 2.29. The minimum atomic E-state index is -3.73. The Bertz CT molecular complexity index is 541. The van der Waals surface area contributed by atoms with E-state index < -0.39 is 10.0 Å². The Hall–Kier alpha value is -0.140. The Morgan fingerprint density at radius 1 is 1.42 bits per heavy atom. The van der Waals surface area contributed by atoms with Crippen LogP contribution in [0.4, 0.5) is 5.69 Å². The molecule has 0 bridgehead atoms. The van der Waals surface area contributed by atoms with Crippen LogP contribution in [0.5, 0.6) is 0 Å². The van der Waals surface area contributed by atoms with Crippen molar-refractivity contribution in [3.63, 3.8) is 0 Å². The van der Waals surface area contributed by atoms with Crippen LogP contribution in [0.2, 0.25) is 10.0 Å². The average molecular weight is 343 g/mol. The van der Waals surface area contributed by atoms with Gasteiger partial charge in [0, 0.05) is 23.9 Å². The number of nitrogens with two attached hydrogens (primary N) is 1. The summed E-state index contributed by atoms with van der Waals surface area (Å²) in [7, 11) is -2.22. The topological polar surface area (TPSA) is 63.4 Å². The summed E-state index contributed by atoms with van der Waals surface area (Å²) in [6.07, 6.45) is 1.92. The summed E-state index contributed by atoms with van der Waals surface area (Å²) in [4.78, 5) is -0.0889. The highest BCUT2D eigenvalue weighted by molar-refractivity contribution is 7.98. The lowest BCUT2D eigenvalue weighted by molar-refractivity contribution is 0.415. The number of halogens is 2. The van der Waals surface area contributed by atoms with Gasteiger partial charge >= 0.3 is 0 Å². The molecule has 0 saturated carbocycles. The van der Waals surface area contributed by atoms with Gasteiger partial charge < -0.3 is 5.73 Å². The molecule has 0 heterocycles. The molecular weight excluding hydrogens is 327 g/mol. The zero-order chi connectivity index (χ0) is 14.8. The van der Waals surface area contributed by atoms with Crippen LogP contribution in [-0.4, -0.2) is 37.8 Å². The summed E-state index contributed by atoms with van der Waals surface area (Å²) in [5.74, 6) is 0.681. The minimum Gasteiger partial charge on any atom is -0.398 e. The maximum atomic E-state index is 12.5. The third-order valence-electron chi connectivity index (χ3n) is 2.70. The van der Waals surface area contributed by atoms with Gasteiger partial charge in [0.1, 0.15) is 4.90 Å². The van der Waals surface area contributed by atoms with Gasteiger partial charge in [0.25, 0.3) is 0 Å². The molecule has 19 heavy (non-hydrogen) atoms. The van der Waals surface area contributed by atoms with Crippen molar-refractivity contribution in [2.24, 2.45) is 0 Å². The fraction of sp³-hybridized carbons (Fsp3) is 0.455. The van der Waals surface area contributed by atoms with E-state index in [0.717, 1.165) is 0 Å². The van der Waals surface area contributed by atoms with Crippen LogP contribution in [0.1, 0.15) is 6.92 Å². The van der Waals surface area contributed by atoms with Gasteiger partial charge in [0.2, 0.25) is 10.0 Å². The van der Waals surface area contributed by atoms with Crippen molar-refractivity contribution in [3.8, 4) is 0 Å². The van der Waals surface area contributed by atoms with Gasteiger partial charge in [0.15, 0.2) is 0 Å². The first-order chi connectivity index (χ1) is 8.71. The van der Waals surface area contributed by atoms with E-state index in [9.17, 15) is 8.42 Å². The van der Waals surface area contributed by atoms with Crippen LogP contribution in [0.3, 0.4) is 0 Å². The van der Waals surface area contributed by atoms with Gasteiger partial charge in [0.05, 0.1) is 10.7 Å². The predicted molar refractivity (Wildman–Crippen MR) is 83.7 cm³/mol. The first kappa shape index (κ1) is 16.9. The largest absolute Gasteiger partial charge is 0.398 e. The van der Waals surface area contributed by atoms with E-state index in [-0.39, 0.29) is 21.6 Å². The molecule has 1 aromatic carbocycles. The van der Waals surface area contributed by atoms with E-state index in [4.69, 9.17) is 28.9 Å². The van der Waals surface area contributed by atoms with Crippen molar-refractivity contribution < 1.29 is 8.42 Å². The number of hydrogen-bond acceptors (Lipinski definition) is 4. The molecular formula is C11H16Cl2N2O2S2. The predicted octanol–water partition coefficient (Wildman–Crippen LogP) is 2.95. The number of nitrogens with zero attached hydrogens (tertiary/aromatic N) is 1. The molecule has 0 radical (unpaired) electrons. The summed E-state index contributed by atoms with van der Waals surface area (Å²) in [5, 5.41) is 0.342. The van der Waals surface area contributed by atoms with Crippen molar-refractivity contribution in [2.45, 2.75) is 17.9 Å². The third-order valence-corrected chi connectivity index (χ3v) is 6.24. The highest BCUT2D eigenvalue weighted by Crippen LogP contribution is 2.33. The van der Waals surface area contributed by atoms with E-state index in [2.05, 4.69) is 0 Å². The second-order valence-electron chi connectivity index (χ2n) is 4.13. The number of thioether (sulfide) groups is 1. The van der Waals surface area contributed by atoms with Gasteiger partial charge in [-0.2, -0.15) is 16.1 Å². The number of hydrogen-bond donors (Lipinski definition) is 1. The standard InChI is InChI=1S/C11H16Cl2N2O2S2/c1-7(6-18-3)15(2)19(16,17)11-9(13)4-8(12)5-10(11)14/h4-5,7H,6,14H2,1-3H3. The lowest BCUT2D eigenvalue weighted by Crippen LogP contribution is -2.37. The third kappa shape index (κ3) is 3.70. The van der Waals surface area contributed by atoms with Crippen LogP contribution in [0, 0.1) is 0 Å². The lowest BCUT2D eigenvalue weighted by atomic mass is 10.3. The molecule has 0 aliphatic heterocycles. The molecule has 4 nitrogen and oxygen atoms in total. The Kier molecular flexibility index (Phi) is 5.82. The van der Waals surface area contributed by atoms with E-state index in [1.165, 1.54) is 23.5 Å². The Labute approximate surface area is 128 Å². The molecule has 8 heteroatoms. The van der Waals surface area contributed by atoms with Gasteiger partial charge in [-0.25, -0.2) is 8.42 Å². The smallest absolute Gasteiger partial charge is 0.246 e. The van der Waals surface area contributed by atoms with Crippen molar-refractivity contribution in [2.75, 3.05) is 24.8 Å². The molecule has 0 aromatic heterocycles. The summed E-state index contributed by atoms with van der Waals surface area (Å²) >= 11 is 13.3.